The Morgan fingerprint density at radius 1 is 1.53 bits per heavy atom. The second-order valence-corrected chi connectivity index (χ2v) is 5.86. The van der Waals surface area contributed by atoms with Gasteiger partial charge in [-0.15, -0.1) is 0 Å². The molecule has 1 heterocycles. The van der Waals surface area contributed by atoms with Crippen LogP contribution in [0.4, 0.5) is 0 Å². The van der Waals surface area contributed by atoms with Gasteiger partial charge in [0.05, 0.1) is 12.1 Å². The second-order valence-electron chi connectivity index (χ2n) is 5.86. The Morgan fingerprint density at radius 2 is 2.24 bits per heavy atom. The van der Waals surface area contributed by atoms with Crippen molar-refractivity contribution in [2.24, 2.45) is 5.92 Å². The average molecular weight is 243 g/mol. The number of hydrogen-bond donors (Lipinski definition) is 2. The monoisotopic (exact) mass is 243 g/mol. The van der Waals surface area contributed by atoms with Crippen LogP contribution in [-0.4, -0.2) is 73.9 Å². The maximum atomic E-state index is 9.47. The Hall–Kier alpha value is -0.160. The van der Waals surface area contributed by atoms with Gasteiger partial charge in [-0.2, -0.15) is 0 Å². The fraction of sp³-hybridized carbons (Fsp3) is 1.00. The maximum absolute atomic E-state index is 9.47. The van der Waals surface area contributed by atoms with Crippen LogP contribution in [0, 0.1) is 5.92 Å². The van der Waals surface area contributed by atoms with Crippen LogP contribution in [0.25, 0.3) is 0 Å². The Morgan fingerprint density at radius 3 is 2.71 bits per heavy atom. The lowest BCUT2D eigenvalue weighted by Crippen LogP contribution is -2.53. The Bertz CT molecular complexity index is 225. The van der Waals surface area contributed by atoms with E-state index < -0.39 is 0 Å². The van der Waals surface area contributed by atoms with Crippen molar-refractivity contribution in [1.29, 1.82) is 0 Å². The fourth-order valence-corrected chi connectivity index (χ4v) is 2.86. The van der Waals surface area contributed by atoms with Gasteiger partial charge in [0.1, 0.15) is 0 Å². The summed E-state index contributed by atoms with van der Waals surface area (Å²) < 4.78 is 0. The summed E-state index contributed by atoms with van der Waals surface area (Å²) in [5.41, 5.74) is -0.173. The van der Waals surface area contributed by atoms with E-state index in [1.165, 1.54) is 19.5 Å². The minimum Gasteiger partial charge on any atom is -0.394 e. The minimum atomic E-state index is -0.173. The van der Waals surface area contributed by atoms with Gasteiger partial charge in [-0.05, 0) is 46.4 Å². The summed E-state index contributed by atoms with van der Waals surface area (Å²) in [5, 5.41) is 12.8. The molecule has 0 radical (unpaired) electrons. The van der Waals surface area contributed by atoms with Crippen LogP contribution >= 0.6 is 0 Å². The first-order chi connectivity index (χ1) is 7.99. The molecule has 1 fully saturated rings. The smallest absolute Gasteiger partial charge is 0.0623 e. The summed E-state index contributed by atoms with van der Waals surface area (Å²) in [6, 6.07) is 0. The molecule has 0 aromatic rings. The molecule has 0 saturated carbocycles. The fourth-order valence-electron chi connectivity index (χ4n) is 2.86. The van der Waals surface area contributed by atoms with Crippen LogP contribution in [-0.2, 0) is 0 Å². The number of likely N-dealkylation sites (tertiary alicyclic amines) is 1. The third-order valence-corrected chi connectivity index (χ3v) is 3.63. The normalized spacial score (nSPS) is 25.4. The quantitative estimate of drug-likeness (QED) is 0.671. The first-order valence-corrected chi connectivity index (χ1v) is 6.72. The van der Waals surface area contributed by atoms with Crippen molar-refractivity contribution in [2.45, 2.75) is 25.8 Å². The van der Waals surface area contributed by atoms with E-state index in [9.17, 15) is 5.11 Å². The molecular formula is C13H29N3O. The zero-order valence-electron chi connectivity index (χ0n) is 11.9. The van der Waals surface area contributed by atoms with Gasteiger partial charge in [0.25, 0.3) is 0 Å². The van der Waals surface area contributed by atoms with E-state index >= 15 is 0 Å². The van der Waals surface area contributed by atoms with E-state index in [0.717, 1.165) is 25.6 Å². The van der Waals surface area contributed by atoms with Gasteiger partial charge in [0.15, 0.2) is 0 Å². The number of nitrogens with zero attached hydrogens (tertiary/aromatic N) is 2. The lowest BCUT2D eigenvalue weighted by atomic mass is 10.0. The summed E-state index contributed by atoms with van der Waals surface area (Å²) in [6.45, 7) is 9.73. The largest absolute Gasteiger partial charge is 0.394 e. The van der Waals surface area contributed by atoms with Crippen LogP contribution in [0.2, 0.25) is 0 Å². The zero-order valence-corrected chi connectivity index (χ0v) is 11.9. The van der Waals surface area contributed by atoms with E-state index in [1.54, 1.807) is 0 Å². The van der Waals surface area contributed by atoms with Gasteiger partial charge in [-0.3, -0.25) is 0 Å². The molecule has 2 unspecified atom stereocenters. The van der Waals surface area contributed by atoms with Gasteiger partial charge < -0.3 is 20.2 Å². The molecule has 2 atom stereocenters. The third kappa shape index (κ3) is 4.92. The highest BCUT2D eigenvalue weighted by Gasteiger charge is 2.26. The minimum absolute atomic E-state index is 0.173. The summed E-state index contributed by atoms with van der Waals surface area (Å²) in [5.74, 6) is 0.787. The third-order valence-electron chi connectivity index (χ3n) is 3.63. The van der Waals surface area contributed by atoms with Crippen molar-refractivity contribution < 1.29 is 5.11 Å². The number of likely N-dealkylation sites (N-methyl/N-ethyl adjacent to an activating group) is 2. The number of aliphatic hydroxyl groups is 1. The van der Waals surface area contributed by atoms with Crippen LogP contribution in [0.5, 0.6) is 0 Å². The highest BCUT2D eigenvalue weighted by Crippen LogP contribution is 2.16. The van der Waals surface area contributed by atoms with Crippen molar-refractivity contribution in [2.75, 3.05) is 53.4 Å². The summed E-state index contributed by atoms with van der Waals surface area (Å²) in [6.07, 6.45) is 1.30. The summed E-state index contributed by atoms with van der Waals surface area (Å²) >= 11 is 0. The molecule has 0 bridgehead atoms. The standard InChI is InChI=1S/C13H29N3O/c1-5-14-13(2,11-17)10-16(4)9-12-6-7-15(3)8-12/h12,14,17H,5-11H2,1-4H3. The van der Waals surface area contributed by atoms with Gasteiger partial charge in [0.2, 0.25) is 0 Å². The van der Waals surface area contributed by atoms with Crippen LogP contribution < -0.4 is 5.32 Å². The molecular weight excluding hydrogens is 214 g/mol. The number of rotatable bonds is 7. The second kappa shape index (κ2) is 6.69. The van der Waals surface area contributed by atoms with E-state index in [-0.39, 0.29) is 12.1 Å². The molecule has 17 heavy (non-hydrogen) atoms. The molecule has 102 valence electrons. The van der Waals surface area contributed by atoms with Crippen LogP contribution in [0.3, 0.4) is 0 Å². The topological polar surface area (TPSA) is 38.7 Å². The summed E-state index contributed by atoms with van der Waals surface area (Å²) in [7, 11) is 4.35. The summed E-state index contributed by atoms with van der Waals surface area (Å²) in [4.78, 5) is 4.75. The molecule has 4 heteroatoms. The average Bonchev–Trinajstić information content (AvgIpc) is 2.64. The Labute approximate surface area is 106 Å². The first kappa shape index (κ1) is 14.9. The van der Waals surface area contributed by atoms with Crippen molar-refractivity contribution in [1.82, 2.24) is 15.1 Å². The van der Waals surface area contributed by atoms with Gasteiger partial charge in [-0.1, -0.05) is 6.92 Å². The molecule has 1 saturated heterocycles. The predicted molar refractivity (Wildman–Crippen MR) is 72.3 cm³/mol. The molecule has 0 aliphatic carbocycles. The van der Waals surface area contributed by atoms with E-state index in [1.807, 2.05) is 0 Å². The lowest BCUT2D eigenvalue weighted by Gasteiger charge is -2.34. The molecule has 2 N–H and O–H groups in total. The molecule has 0 aromatic heterocycles. The molecule has 0 amide bonds. The van der Waals surface area contributed by atoms with E-state index in [0.29, 0.717) is 0 Å². The maximum Gasteiger partial charge on any atom is 0.0623 e. The van der Waals surface area contributed by atoms with Crippen molar-refractivity contribution in [3.63, 3.8) is 0 Å². The van der Waals surface area contributed by atoms with E-state index in [4.69, 9.17) is 0 Å². The predicted octanol–water partition coefficient (Wildman–Crippen LogP) is 0.230. The SMILES string of the molecule is CCNC(C)(CO)CN(C)CC1CCN(C)C1. The lowest BCUT2D eigenvalue weighted by molar-refractivity contribution is 0.126. The van der Waals surface area contributed by atoms with Gasteiger partial charge >= 0.3 is 0 Å². The number of nitrogens with one attached hydrogen (secondary N) is 1. The highest BCUT2D eigenvalue weighted by atomic mass is 16.3. The highest BCUT2D eigenvalue weighted by molar-refractivity contribution is 4.86. The molecule has 0 spiro atoms. The zero-order chi connectivity index (χ0) is 12.9. The molecule has 4 nitrogen and oxygen atoms in total. The van der Waals surface area contributed by atoms with Crippen molar-refractivity contribution in [3.05, 3.63) is 0 Å². The van der Waals surface area contributed by atoms with Crippen molar-refractivity contribution >= 4 is 0 Å². The van der Waals surface area contributed by atoms with Gasteiger partial charge in [0, 0.05) is 19.6 Å². The Kier molecular flexibility index (Phi) is 5.86. The molecule has 1 aliphatic heterocycles. The first-order valence-electron chi connectivity index (χ1n) is 6.72. The number of aliphatic hydroxyl groups excluding tert-OH is 1. The molecule has 0 aromatic carbocycles. The van der Waals surface area contributed by atoms with E-state index in [2.05, 4.69) is 43.1 Å². The van der Waals surface area contributed by atoms with Crippen LogP contribution in [0.15, 0.2) is 0 Å². The molecule has 1 rings (SSSR count). The Balaban J connectivity index is 2.34. The molecule has 1 aliphatic rings. The van der Waals surface area contributed by atoms with Gasteiger partial charge in [-0.25, -0.2) is 0 Å². The van der Waals surface area contributed by atoms with Crippen LogP contribution in [0.1, 0.15) is 20.3 Å². The number of hydrogen-bond acceptors (Lipinski definition) is 4. The van der Waals surface area contributed by atoms with Crippen molar-refractivity contribution in [3.8, 4) is 0 Å².